The summed E-state index contributed by atoms with van der Waals surface area (Å²) < 4.78 is 38.1. The van der Waals surface area contributed by atoms with E-state index in [4.69, 9.17) is 9.47 Å². The average Bonchev–Trinajstić information content (AvgIpc) is 3.50. The number of hydrogen-bond donors (Lipinski definition) is 1. The van der Waals surface area contributed by atoms with Gasteiger partial charge in [0.05, 0.1) is 24.3 Å². The van der Waals surface area contributed by atoms with Crippen LogP contribution in [0.4, 0.5) is 5.13 Å². The molecule has 0 saturated carbocycles. The van der Waals surface area contributed by atoms with Gasteiger partial charge in [0.25, 0.3) is 0 Å². The first-order valence-corrected chi connectivity index (χ1v) is 12.9. The zero-order chi connectivity index (χ0) is 23.4. The molecule has 1 aromatic heterocycles. The van der Waals surface area contributed by atoms with E-state index in [1.54, 1.807) is 12.1 Å². The normalized spacial score (nSPS) is 16.5. The van der Waals surface area contributed by atoms with Gasteiger partial charge in [0, 0.05) is 17.5 Å². The third-order valence-corrected chi connectivity index (χ3v) is 8.05. The van der Waals surface area contributed by atoms with Crippen molar-refractivity contribution in [3.63, 3.8) is 0 Å². The highest BCUT2D eigenvalue weighted by Crippen LogP contribution is 2.30. The zero-order valence-electron chi connectivity index (χ0n) is 18.4. The number of benzene rings is 2. The Hall–Kier alpha value is -2.95. The van der Waals surface area contributed by atoms with E-state index in [1.807, 2.05) is 36.6 Å². The number of hydrogen-bond acceptors (Lipinski definition) is 7. The Morgan fingerprint density at radius 3 is 2.52 bits per heavy atom. The van der Waals surface area contributed by atoms with Crippen molar-refractivity contribution in [2.24, 2.45) is 0 Å². The van der Waals surface area contributed by atoms with Crippen LogP contribution in [-0.2, 0) is 14.8 Å². The maximum absolute atomic E-state index is 13.1. The molecule has 1 atom stereocenters. The summed E-state index contributed by atoms with van der Waals surface area (Å²) in [5.74, 6) is 0.971. The standard InChI is InChI=1S/C23H25N3O5S2/c1-3-31-18-8-6-16(7-9-18)20-15-32-23(24-20)25-22(27)21-5-4-14-26(21)33(28,29)19-12-10-17(30-2)11-13-19/h6-13,15,21H,3-5,14H2,1-2H3,(H,24,25,27). The number of carbonyl (C=O) groups is 1. The molecule has 1 saturated heterocycles. The largest absolute Gasteiger partial charge is 0.497 e. The third-order valence-electron chi connectivity index (χ3n) is 5.37. The van der Waals surface area contributed by atoms with Crippen molar-refractivity contribution < 1.29 is 22.7 Å². The van der Waals surface area contributed by atoms with Gasteiger partial charge in [-0.15, -0.1) is 11.3 Å². The van der Waals surface area contributed by atoms with Gasteiger partial charge < -0.3 is 14.8 Å². The second-order valence-corrected chi connectivity index (χ2v) is 10.2. The summed E-state index contributed by atoms with van der Waals surface area (Å²) in [6, 6.07) is 12.9. The molecule has 1 amide bonds. The Morgan fingerprint density at radius 2 is 1.85 bits per heavy atom. The Morgan fingerprint density at radius 1 is 1.15 bits per heavy atom. The molecule has 1 N–H and O–H groups in total. The van der Waals surface area contributed by atoms with Gasteiger partial charge in [-0.25, -0.2) is 13.4 Å². The van der Waals surface area contributed by atoms with E-state index in [1.165, 1.54) is 34.9 Å². The molecule has 1 unspecified atom stereocenters. The molecule has 3 aromatic rings. The van der Waals surface area contributed by atoms with E-state index in [0.717, 1.165) is 17.0 Å². The van der Waals surface area contributed by atoms with Gasteiger partial charge >= 0.3 is 0 Å². The van der Waals surface area contributed by atoms with Gasteiger partial charge in [-0.2, -0.15) is 4.31 Å². The minimum absolute atomic E-state index is 0.134. The Bertz CT molecular complexity index is 1210. The van der Waals surface area contributed by atoms with Gasteiger partial charge in [-0.1, -0.05) is 0 Å². The molecule has 0 radical (unpaired) electrons. The number of nitrogens with zero attached hydrogens (tertiary/aromatic N) is 2. The summed E-state index contributed by atoms with van der Waals surface area (Å²) in [4.78, 5) is 17.6. The number of amides is 1. The fourth-order valence-corrected chi connectivity index (χ4v) is 6.09. The lowest BCUT2D eigenvalue weighted by atomic mass is 10.2. The Labute approximate surface area is 197 Å². The van der Waals surface area contributed by atoms with Gasteiger partial charge in [0.15, 0.2) is 5.13 Å². The van der Waals surface area contributed by atoms with E-state index in [-0.39, 0.29) is 10.8 Å². The van der Waals surface area contributed by atoms with Gasteiger partial charge in [0.2, 0.25) is 15.9 Å². The first kappa shape index (κ1) is 23.2. The van der Waals surface area contributed by atoms with Crippen LogP contribution in [0.25, 0.3) is 11.3 Å². The van der Waals surface area contributed by atoms with Crippen LogP contribution < -0.4 is 14.8 Å². The number of rotatable bonds is 8. The fourth-order valence-electron chi connectivity index (χ4n) is 3.71. The first-order valence-electron chi connectivity index (χ1n) is 10.6. The Balaban J connectivity index is 1.46. The van der Waals surface area contributed by atoms with Crippen LogP contribution in [0.3, 0.4) is 0 Å². The molecule has 4 rings (SSSR count). The summed E-state index contributed by atoms with van der Waals surface area (Å²) >= 11 is 1.30. The molecule has 0 spiro atoms. The van der Waals surface area contributed by atoms with Crippen molar-refractivity contribution in [1.82, 2.24) is 9.29 Å². The number of thiazole rings is 1. The van der Waals surface area contributed by atoms with E-state index in [9.17, 15) is 13.2 Å². The fraction of sp³-hybridized carbons (Fsp3) is 0.304. The molecule has 1 aliphatic rings. The lowest BCUT2D eigenvalue weighted by molar-refractivity contribution is -0.119. The maximum Gasteiger partial charge on any atom is 0.244 e. The highest BCUT2D eigenvalue weighted by atomic mass is 32.2. The Kier molecular flexibility index (Phi) is 6.96. The van der Waals surface area contributed by atoms with Crippen molar-refractivity contribution >= 4 is 32.4 Å². The second kappa shape index (κ2) is 9.90. The average molecular weight is 488 g/mol. The molecular weight excluding hydrogens is 462 g/mol. The smallest absolute Gasteiger partial charge is 0.244 e. The minimum Gasteiger partial charge on any atom is -0.497 e. The molecule has 2 aromatic carbocycles. The molecule has 2 heterocycles. The third kappa shape index (κ3) is 5.02. The highest BCUT2D eigenvalue weighted by molar-refractivity contribution is 7.89. The quantitative estimate of drug-likeness (QED) is 0.516. The molecule has 1 aliphatic heterocycles. The van der Waals surface area contributed by atoms with E-state index in [2.05, 4.69) is 10.3 Å². The van der Waals surface area contributed by atoms with Crippen LogP contribution in [0.5, 0.6) is 11.5 Å². The van der Waals surface area contributed by atoms with Crippen molar-refractivity contribution in [1.29, 1.82) is 0 Å². The topological polar surface area (TPSA) is 97.8 Å². The molecule has 8 nitrogen and oxygen atoms in total. The summed E-state index contributed by atoms with van der Waals surface area (Å²) in [5, 5.41) is 5.08. The van der Waals surface area contributed by atoms with Crippen molar-refractivity contribution in [3.05, 3.63) is 53.9 Å². The van der Waals surface area contributed by atoms with Crippen LogP contribution in [0.2, 0.25) is 0 Å². The van der Waals surface area contributed by atoms with Crippen LogP contribution in [0, 0.1) is 0 Å². The molecule has 33 heavy (non-hydrogen) atoms. The first-order chi connectivity index (χ1) is 15.9. The SMILES string of the molecule is CCOc1ccc(-c2csc(NC(=O)C3CCCN3S(=O)(=O)c3ccc(OC)cc3)n2)cc1. The zero-order valence-corrected chi connectivity index (χ0v) is 20.0. The molecular formula is C23H25N3O5S2. The summed E-state index contributed by atoms with van der Waals surface area (Å²) in [7, 11) is -2.29. The van der Waals surface area contributed by atoms with E-state index in [0.29, 0.717) is 36.9 Å². The predicted molar refractivity (Wildman–Crippen MR) is 127 cm³/mol. The van der Waals surface area contributed by atoms with E-state index < -0.39 is 16.1 Å². The van der Waals surface area contributed by atoms with Gasteiger partial charge in [0.1, 0.15) is 17.5 Å². The number of aromatic nitrogens is 1. The number of sulfonamides is 1. The number of methoxy groups -OCH3 is 1. The molecule has 0 aliphatic carbocycles. The predicted octanol–water partition coefficient (Wildman–Crippen LogP) is 4.01. The molecule has 1 fully saturated rings. The lowest BCUT2D eigenvalue weighted by Crippen LogP contribution is -2.43. The maximum atomic E-state index is 13.1. The van der Waals surface area contributed by atoms with Crippen LogP contribution in [0.1, 0.15) is 19.8 Å². The number of ether oxygens (including phenoxy) is 2. The second-order valence-electron chi connectivity index (χ2n) is 7.43. The minimum atomic E-state index is -3.81. The van der Waals surface area contributed by atoms with E-state index >= 15 is 0 Å². The highest BCUT2D eigenvalue weighted by Gasteiger charge is 2.39. The van der Waals surface area contributed by atoms with Gasteiger partial charge in [-0.05, 0) is 68.3 Å². The summed E-state index contributed by atoms with van der Waals surface area (Å²) in [6.07, 6.45) is 1.07. The molecule has 0 bridgehead atoms. The van der Waals surface area contributed by atoms with Crippen LogP contribution in [-0.4, -0.2) is 49.9 Å². The monoisotopic (exact) mass is 487 g/mol. The summed E-state index contributed by atoms with van der Waals surface area (Å²) in [5.41, 5.74) is 1.63. The van der Waals surface area contributed by atoms with Crippen molar-refractivity contribution in [2.45, 2.75) is 30.7 Å². The number of carbonyl (C=O) groups excluding carboxylic acids is 1. The van der Waals surface area contributed by atoms with Crippen molar-refractivity contribution in [3.8, 4) is 22.8 Å². The molecule has 10 heteroatoms. The van der Waals surface area contributed by atoms with Crippen molar-refractivity contribution in [2.75, 3.05) is 25.6 Å². The number of anilines is 1. The number of nitrogens with one attached hydrogen (secondary N) is 1. The summed E-state index contributed by atoms with van der Waals surface area (Å²) in [6.45, 7) is 2.82. The van der Waals surface area contributed by atoms with Crippen LogP contribution in [0.15, 0.2) is 58.8 Å². The van der Waals surface area contributed by atoms with Crippen LogP contribution >= 0.6 is 11.3 Å². The van der Waals surface area contributed by atoms with Gasteiger partial charge in [-0.3, -0.25) is 4.79 Å². The molecule has 174 valence electrons. The lowest BCUT2D eigenvalue weighted by Gasteiger charge is -2.23.